The van der Waals surface area contributed by atoms with Crippen LogP contribution in [0.1, 0.15) is 26.7 Å². The van der Waals surface area contributed by atoms with Crippen LogP contribution in [-0.4, -0.2) is 18.6 Å². The van der Waals surface area contributed by atoms with E-state index in [4.69, 9.17) is 5.26 Å². The van der Waals surface area contributed by atoms with Crippen molar-refractivity contribution in [1.82, 2.24) is 5.32 Å². The largest absolute Gasteiger partial charge is 0.389 e. The highest BCUT2D eigenvalue weighted by molar-refractivity contribution is 5.75. The molecule has 0 saturated heterocycles. The minimum Gasteiger partial charge on any atom is -0.355 e. The molecule has 0 aromatic heterocycles. The Bertz CT molecular complexity index is 266. The van der Waals surface area contributed by atoms with Gasteiger partial charge in [0.25, 0.3) is 0 Å². The van der Waals surface area contributed by atoms with Crippen molar-refractivity contribution >= 4 is 5.91 Å². The summed E-state index contributed by atoms with van der Waals surface area (Å²) in [6.07, 6.45) is -6.04. The lowest BCUT2D eigenvalue weighted by atomic mass is 9.96. The summed E-state index contributed by atoms with van der Waals surface area (Å²) >= 11 is 0. The first-order valence-electron chi connectivity index (χ1n) is 4.41. The zero-order valence-corrected chi connectivity index (χ0v) is 8.61. The van der Waals surface area contributed by atoms with Gasteiger partial charge in [0, 0.05) is 13.0 Å². The molecule has 0 saturated carbocycles. The number of hydrogen-bond donors (Lipinski definition) is 1. The van der Waals surface area contributed by atoms with Crippen molar-refractivity contribution in [3.63, 3.8) is 0 Å². The van der Waals surface area contributed by atoms with Gasteiger partial charge in [0.05, 0.1) is 17.9 Å². The van der Waals surface area contributed by atoms with E-state index in [9.17, 15) is 18.0 Å². The molecular formula is C9H13F3N2O. The average Bonchev–Trinajstić information content (AvgIpc) is 2.10. The molecule has 0 unspecified atom stereocenters. The Balaban J connectivity index is 3.83. The van der Waals surface area contributed by atoms with Crippen molar-refractivity contribution in [2.45, 2.75) is 32.9 Å². The smallest absolute Gasteiger partial charge is 0.355 e. The third kappa shape index (κ3) is 7.79. The predicted molar refractivity (Wildman–Crippen MR) is 47.7 cm³/mol. The summed E-state index contributed by atoms with van der Waals surface area (Å²) in [5.74, 6) is -0.685. The van der Waals surface area contributed by atoms with Gasteiger partial charge in [0.1, 0.15) is 0 Å². The summed E-state index contributed by atoms with van der Waals surface area (Å²) in [7, 11) is 0. The number of rotatable bonds is 4. The van der Waals surface area contributed by atoms with Crippen molar-refractivity contribution in [3.8, 4) is 6.07 Å². The molecule has 0 aliphatic heterocycles. The van der Waals surface area contributed by atoms with Crippen LogP contribution in [0.4, 0.5) is 13.2 Å². The summed E-state index contributed by atoms with van der Waals surface area (Å²) in [4.78, 5) is 10.9. The zero-order chi connectivity index (χ0) is 12.1. The number of nitrogens with zero attached hydrogens (tertiary/aromatic N) is 1. The molecule has 0 aromatic carbocycles. The number of carbonyl (C=O) groups is 1. The average molecular weight is 222 g/mol. The molecule has 6 heteroatoms. The van der Waals surface area contributed by atoms with Gasteiger partial charge in [-0.3, -0.25) is 4.79 Å². The van der Waals surface area contributed by atoms with Crippen LogP contribution in [0.25, 0.3) is 0 Å². The van der Waals surface area contributed by atoms with E-state index in [1.165, 1.54) is 0 Å². The van der Waals surface area contributed by atoms with E-state index in [1.807, 2.05) is 6.07 Å². The lowest BCUT2D eigenvalue weighted by Crippen LogP contribution is -2.33. The fourth-order valence-electron chi connectivity index (χ4n) is 0.703. The van der Waals surface area contributed by atoms with Crippen LogP contribution >= 0.6 is 0 Å². The summed E-state index contributed by atoms with van der Waals surface area (Å²) in [6.45, 7) is 3.24. The predicted octanol–water partition coefficient (Wildman–Crippen LogP) is 1.99. The fourth-order valence-corrected chi connectivity index (χ4v) is 0.703. The maximum Gasteiger partial charge on any atom is 0.389 e. The summed E-state index contributed by atoms with van der Waals surface area (Å²) < 4.78 is 35.2. The standard InChI is InChI=1S/C9H13F3N2O/c1-8(2,5-13)6-14-7(15)3-4-9(10,11)12/h3-4,6H2,1-2H3,(H,14,15). The second-order valence-electron chi connectivity index (χ2n) is 3.89. The van der Waals surface area contributed by atoms with E-state index in [0.29, 0.717) is 0 Å². The molecule has 3 nitrogen and oxygen atoms in total. The van der Waals surface area contributed by atoms with Gasteiger partial charge in [-0.2, -0.15) is 18.4 Å². The Morgan fingerprint density at radius 2 is 1.93 bits per heavy atom. The molecule has 0 aliphatic rings. The highest BCUT2D eigenvalue weighted by atomic mass is 19.4. The maximum absolute atomic E-state index is 11.7. The number of nitrogens with one attached hydrogen (secondary N) is 1. The molecule has 0 aliphatic carbocycles. The molecule has 86 valence electrons. The molecule has 0 radical (unpaired) electrons. The molecule has 1 N–H and O–H groups in total. The second-order valence-corrected chi connectivity index (χ2v) is 3.89. The number of hydrogen-bond acceptors (Lipinski definition) is 2. The molecule has 0 rings (SSSR count). The number of alkyl halides is 3. The molecule has 15 heavy (non-hydrogen) atoms. The highest BCUT2D eigenvalue weighted by Gasteiger charge is 2.28. The Morgan fingerprint density at radius 1 is 1.40 bits per heavy atom. The summed E-state index contributed by atoms with van der Waals surface area (Å²) in [5.41, 5.74) is -0.756. The number of nitriles is 1. The van der Waals surface area contributed by atoms with Crippen molar-refractivity contribution in [2.75, 3.05) is 6.54 Å². The number of amides is 1. The maximum atomic E-state index is 11.7. The monoisotopic (exact) mass is 222 g/mol. The third-order valence-corrected chi connectivity index (χ3v) is 1.67. The van der Waals surface area contributed by atoms with Gasteiger partial charge in [0.2, 0.25) is 5.91 Å². The quantitative estimate of drug-likeness (QED) is 0.790. The Labute approximate surface area is 86.3 Å². The van der Waals surface area contributed by atoms with Crippen LogP contribution in [0.5, 0.6) is 0 Å². The molecule has 0 fully saturated rings. The van der Waals surface area contributed by atoms with E-state index >= 15 is 0 Å². The Kier molecular flexibility index (Phi) is 4.59. The van der Waals surface area contributed by atoms with E-state index in [2.05, 4.69) is 5.32 Å². The second kappa shape index (κ2) is 5.01. The molecule has 1 amide bonds. The van der Waals surface area contributed by atoms with E-state index in [-0.39, 0.29) is 6.54 Å². The molecule has 0 bridgehead atoms. The first-order chi connectivity index (χ1) is 6.66. The fraction of sp³-hybridized carbons (Fsp3) is 0.778. The van der Waals surface area contributed by atoms with Crippen molar-refractivity contribution in [2.24, 2.45) is 5.41 Å². The molecule has 0 atom stereocenters. The van der Waals surface area contributed by atoms with Crippen molar-refractivity contribution in [3.05, 3.63) is 0 Å². The van der Waals surface area contributed by atoms with Crippen LogP contribution in [0.15, 0.2) is 0 Å². The summed E-state index contributed by atoms with van der Waals surface area (Å²) in [6, 6.07) is 1.93. The normalized spacial score (nSPS) is 12.0. The van der Waals surface area contributed by atoms with Crippen molar-refractivity contribution in [1.29, 1.82) is 5.26 Å². The van der Waals surface area contributed by atoms with E-state index < -0.39 is 30.3 Å². The highest BCUT2D eigenvalue weighted by Crippen LogP contribution is 2.21. The first-order valence-corrected chi connectivity index (χ1v) is 4.41. The number of carbonyl (C=O) groups excluding carboxylic acids is 1. The molecule has 0 aromatic rings. The van der Waals surface area contributed by atoms with Crippen LogP contribution in [0.3, 0.4) is 0 Å². The van der Waals surface area contributed by atoms with Gasteiger partial charge in [-0.25, -0.2) is 0 Å². The van der Waals surface area contributed by atoms with Gasteiger partial charge in [0.15, 0.2) is 0 Å². The van der Waals surface area contributed by atoms with Crippen LogP contribution in [-0.2, 0) is 4.79 Å². The lowest BCUT2D eigenvalue weighted by Gasteiger charge is -2.15. The molecule has 0 spiro atoms. The lowest BCUT2D eigenvalue weighted by molar-refractivity contribution is -0.144. The van der Waals surface area contributed by atoms with Crippen LogP contribution < -0.4 is 5.32 Å². The minimum atomic E-state index is -4.32. The molecule has 0 heterocycles. The van der Waals surface area contributed by atoms with Gasteiger partial charge >= 0.3 is 6.18 Å². The minimum absolute atomic E-state index is 0.0557. The van der Waals surface area contributed by atoms with Gasteiger partial charge in [-0.15, -0.1) is 0 Å². The Hall–Kier alpha value is -1.25. The van der Waals surface area contributed by atoms with Gasteiger partial charge in [-0.05, 0) is 13.8 Å². The SMILES string of the molecule is CC(C)(C#N)CNC(=O)CCC(F)(F)F. The third-order valence-electron chi connectivity index (χ3n) is 1.67. The van der Waals surface area contributed by atoms with Crippen LogP contribution in [0, 0.1) is 16.7 Å². The van der Waals surface area contributed by atoms with Gasteiger partial charge in [-0.1, -0.05) is 0 Å². The number of halogens is 3. The molecular weight excluding hydrogens is 209 g/mol. The summed E-state index contributed by atoms with van der Waals surface area (Å²) in [5, 5.41) is 10.9. The zero-order valence-electron chi connectivity index (χ0n) is 8.61. The Morgan fingerprint density at radius 3 is 2.33 bits per heavy atom. The van der Waals surface area contributed by atoms with Gasteiger partial charge < -0.3 is 5.32 Å². The topological polar surface area (TPSA) is 52.9 Å². The van der Waals surface area contributed by atoms with Crippen molar-refractivity contribution < 1.29 is 18.0 Å². The van der Waals surface area contributed by atoms with Crippen LogP contribution in [0.2, 0.25) is 0 Å². The first kappa shape index (κ1) is 13.8. The van der Waals surface area contributed by atoms with E-state index in [1.54, 1.807) is 13.8 Å². The van der Waals surface area contributed by atoms with E-state index in [0.717, 1.165) is 0 Å².